The second-order valence-corrected chi connectivity index (χ2v) is 3.97. The Labute approximate surface area is 93.7 Å². The lowest BCUT2D eigenvalue weighted by molar-refractivity contribution is 0.597. The molecule has 0 fully saturated rings. The monoisotopic (exact) mass is 211 g/mol. The predicted molar refractivity (Wildman–Crippen MR) is 65.3 cm³/mol. The average molecular weight is 211 g/mol. The molecule has 0 bridgehead atoms. The van der Waals surface area contributed by atoms with Crippen LogP contribution >= 0.6 is 0 Å². The molecule has 16 heavy (non-hydrogen) atoms. The molecular formula is C13H13N3. The summed E-state index contributed by atoms with van der Waals surface area (Å²) in [6.07, 6.45) is 1.07. The van der Waals surface area contributed by atoms with Crippen LogP contribution in [0.5, 0.6) is 0 Å². The van der Waals surface area contributed by atoms with E-state index in [0.717, 1.165) is 24.0 Å². The van der Waals surface area contributed by atoms with Gasteiger partial charge in [-0.05, 0) is 17.9 Å². The van der Waals surface area contributed by atoms with E-state index in [1.807, 2.05) is 10.7 Å². The fourth-order valence-electron chi connectivity index (χ4n) is 2.11. The van der Waals surface area contributed by atoms with Crippen LogP contribution in [0.3, 0.4) is 0 Å². The third-order valence-electron chi connectivity index (χ3n) is 2.83. The average Bonchev–Trinajstić information content (AvgIpc) is 2.73. The van der Waals surface area contributed by atoms with E-state index in [2.05, 4.69) is 47.6 Å². The van der Waals surface area contributed by atoms with Crippen LogP contribution < -0.4 is 0 Å². The summed E-state index contributed by atoms with van der Waals surface area (Å²) in [6.45, 7) is 3.07. The first kappa shape index (κ1) is 9.33. The van der Waals surface area contributed by atoms with Crippen molar-refractivity contribution in [1.29, 1.82) is 0 Å². The second-order valence-electron chi connectivity index (χ2n) is 3.97. The molecule has 80 valence electrons. The predicted octanol–water partition coefficient (Wildman–Crippen LogP) is 2.99. The van der Waals surface area contributed by atoms with Gasteiger partial charge in [-0.1, -0.05) is 42.5 Å². The van der Waals surface area contributed by atoms with Crippen molar-refractivity contribution in [3.05, 3.63) is 36.4 Å². The van der Waals surface area contributed by atoms with E-state index in [4.69, 9.17) is 0 Å². The molecule has 0 N–H and O–H groups in total. The largest absolute Gasteiger partial charge is 0.244 e. The van der Waals surface area contributed by atoms with Gasteiger partial charge in [0.15, 0.2) is 0 Å². The molecule has 3 nitrogen and oxygen atoms in total. The van der Waals surface area contributed by atoms with Gasteiger partial charge in [-0.25, -0.2) is 4.68 Å². The molecule has 3 heteroatoms. The van der Waals surface area contributed by atoms with Crippen LogP contribution in [0.1, 0.15) is 13.3 Å². The smallest absolute Gasteiger partial charge is 0.113 e. The molecule has 0 saturated heterocycles. The Balaban J connectivity index is 2.42. The van der Waals surface area contributed by atoms with Crippen molar-refractivity contribution in [1.82, 2.24) is 15.0 Å². The van der Waals surface area contributed by atoms with Crippen LogP contribution in [0.2, 0.25) is 0 Å². The molecule has 1 heterocycles. The lowest BCUT2D eigenvalue weighted by Crippen LogP contribution is -1.98. The normalized spacial score (nSPS) is 11.3. The summed E-state index contributed by atoms with van der Waals surface area (Å²) in [5.74, 6) is 0. The standard InChI is InChI=1S/C13H13N3/c1-2-9-16-13-11-6-4-3-5-10(11)7-8-12(13)14-15-16/h3-8H,2,9H2,1H3. The van der Waals surface area contributed by atoms with Gasteiger partial charge in [0.05, 0.1) is 5.52 Å². The number of fused-ring (bicyclic) bond motifs is 3. The molecule has 0 aliphatic carbocycles. The zero-order valence-electron chi connectivity index (χ0n) is 9.22. The highest BCUT2D eigenvalue weighted by Gasteiger charge is 2.07. The molecule has 0 saturated carbocycles. The first-order valence-electron chi connectivity index (χ1n) is 5.61. The first-order chi connectivity index (χ1) is 7.90. The Bertz CT molecular complexity index is 640. The fourth-order valence-corrected chi connectivity index (χ4v) is 2.11. The minimum Gasteiger partial charge on any atom is -0.244 e. The Morgan fingerprint density at radius 1 is 1.12 bits per heavy atom. The van der Waals surface area contributed by atoms with Gasteiger partial charge in [0, 0.05) is 11.9 Å². The van der Waals surface area contributed by atoms with Gasteiger partial charge >= 0.3 is 0 Å². The Morgan fingerprint density at radius 3 is 2.88 bits per heavy atom. The number of hydrogen-bond acceptors (Lipinski definition) is 2. The number of rotatable bonds is 2. The summed E-state index contributed by atoms with van der Waals surface area (Å²) in [5, 5.41) is 10.9. The van der Waals surface area contributed by atoms with E-state index >= 15 is 0 Å². The van der Waals surface area contributed by atoms with Crippen molar-refractivity contribution in [2.75, 3.05) is 0 Å². The van der Waals surface area contributed by atoms with Crippen molar-refractivity contribution in [2.45, 2.75) is 19.9 Å². The van der Waals surface area contributed by atoms with Crippen molar-refractivity contribution in [3.8, 4) is 0 Å². The van der Waals surface area contributed by atoms with Crippen molar-refractivity contribution in [3.63, 3.8) is 0 Å². The lowest BCUT2D eigenvalue weighted by atomic mass is 10.1. The van der Waals surface area contributed by atoms with E-state index in [1.165, 1.54) is 10.8 Å². The van der Waals surface area contributed by atoms with Gasteiger partial charge in [0.25, 0.3) is 0 Å². The number of benzene rings is 2. The van der Waals surface area contributed by atoms with E-state index in [-0.39, 0.29) is 0 Å². The topological polar surface area (TPSA) is 30.7 Å². The maximum absolute atomic E-state index is 4.20. The highest BCUT2D eigenvalue weighted by molar-refractivity contribution is 6.03. The van der Waals surface area contributed by atoms with Crippen molar-refractivity contribution >= 4 is 21.8 Å². The Hall–Kier alpha value is -1.90. The molecule has 0 aliphatic heterocycles. The van der Waals surface area contributed by atoms with Gasteiger partial charge in [0.1, 0.15) is 5.52 Å². The molecule has 2 aromatic carbocycles. The van der Waals surface area contributed by atoms with Gasteiger partial charge in [0.2, 0.25) is 0 Å². The molecule has 0 amide bonds. The molecular weight excluding hydrogens is 198 g/mol. The first-order valence-corrected chi connectivity index (χ1v) is 5.61. The van der Waals surface area contributed by atoms with Crippen LogP contribution in [-0.4, -0.2) is 15.0 Å². The summed E-state index contributed by atoms with van der Waals surface area (Å²) in [7, 11) is 0. The minimum absolute atomic E-state index is 0.921. The van der Waals surface area contributed by atoms with E-state index in [1.54, 1.807) is 0 Å². The molecule has 0 aliphatic rings. The zero-order chi connectivity index (χ0) is 11.0. The maximum Gasteiger partial charge on any atom is 0.113 e. The van der Waals surface area contributed by atoms with Crippen LogP contribution in [-0.2, 0) is 6.54 Å². The SMILES string of the molecule is CCCn1nnc2ccc3ccccc3c21. The van der Waals surface area contributed by atoms with Gasteiger partial charge in [-0.2, -0.15) is 0 Å². The van der Waals surface area contributed by atoms with Crippen LogP contribution in [0.4, 0.5) is 0 Å². The molecule has 3 rings (SSSR count). The number of hydrogen-bond donors (Lipinski definition) is 0. The zero-order valence-corrected chi connectivity index (χ0v) is 9.22. The third kappa shape index (κ3) is 1.28. The Kier molecular flexibility index (Phi) is 2.10. The molecule has 0 atom stereocenters. The van der Waals surface area contributed by atoms with Crippen LogP contribution in [0.25, 0.3) is 21.8 Å². The second kappa shape index (κ2) is 3.59. The van der Waals surface area contributed by atoms with Gasteiger partial charge < -0.3 is 0 Å². The molecule has 0 radical (unpaired) electrons. The maximum atomic E-state index is 4.20. The third-order valence-corrected chi connectivity index (χ3v) is 2.83. The molecule has 3 aromatic rings. The summed E-state index contributed by atoms with van der Waals surface area (Å²) in [4.78, 5) is 0. The summed E-state index contributed by atoms with van der Waals surface area (Å²) >= 11 is 0. The summed E-state index contributed by atoms with van der Waals surface area (Å²) < 4.78 is 2.00. The summed E-state index contributed by atoms with van der Waals surface area (Å²) in [6, 6.07) is 12.5. The highest BCUT2D eigenvalue weighted by Crippen LogP contribution is 2.23. The molecule has 1 aromatic heterocycles. The molecule has 0 spiro atoms. The molecule has 0 unspecified atom stereocenters. The van der Waals surface area contributed by atoms with E-state index in [0.29, 0.717) is 0 Å². The van der Waals surface area contributed by atoms with Crippen molar-refractivity contribution in [2.24, 2.45) is 0 Å². The van der Waals surface area contributed by atoms with Crippen LogP contribution in [0.15, 0.2) is 36.4 Å². The Morgan fingerprint density at radius 2 is 2.00 bits per heavy atom. The van der Waals surface area contributed by atoms with Crippen molar-refractivity contribution < 1.29 is 0 Å². The number of nitrogens with zero attached hydrogens (tertiary/aromatic N) is 3. The van der Waals surface area contributed by atoms with Crippen LogP contribution in [0, 0.1) is 0 Å². The number of aryl methyl sites for hydroxylation is 1. The van der Waals surface area contributed by atoms with E-state index in [9.17, 15) is 0 Å². The minimum atomic E-state index is 0.921. The number of aromatic nitrogens is 3. The van der Waals surface area contributed by atoms with Gasteiger partial charge in [-0.3, -0.25) is 0 Å². The highest BCUT2D eigenvalue weighted by atomic mass is 15.4. The van der Waals surface area contributed by atoms with Gasteiger partial charge in [-0.15, -0.1) is 5.10 Å². The van der Waals surface area contributed by atoms with E-state index < -0.39 is 0 Å². The quantitative estimate of drug-likeness (QED) is 0.652. The fraction of sp³-hybridized carbons (Fsp3) is 0.231. The summed E-state index contributed by atoms with van der Waals surface area (Å²) in [5.41, 5.74) is 2.13. The lowest BCUT2D eigenvalue weighted by Gasteiger charge is -2.02.